The predicted octanol–water partition coefficient (Wildman–Crippen LogP) is 3.31. The van der Waals surface area contributed by atoms with Gasteiger partial charge in [-0.3, -0.25) is 9.78 Å². The smallest absolute Gasteiger partial charge is 0.255 e. The van der Waals surface area contributed by atoms with E-state index in [-0.39, 0.29) is 12.1 Å². The quantitative estimate of drug-likeness (QED) is 0.334. The van der Waals surface area contributed by atoms with E-state index in [9.17, 15) is 14.3 Å². The highest BCUT2D eigenvalue weighted by Gasteiger charge is 2.27. The average Bonchev–Trinajstić information content (AvgIpc) is 3.30. The Morgan fingerprint density at radius 3 is 2.62 bits per heavy atom. The van der Waals surface area contributed by atoms with Crippen LogP contribution < -0.4 is 15.5 Å². The van der Waals surface area contributed by atoms with Gasteiger partial charge in [-0.05, 0) is 50.2 Å². The van der Waals surface area contributed by atoms with Crippen LogP contribution in [0.3, 0.4) is 0 Å². The third kappa shape index (κ3) is 5.65. The number of amides is 1. The number of nitrogens with one attached hydrogen (secondary N) is 2. The molecule has 0 saturated carbocycles. The molecule has 1 atom stereocenters. The number of nitrogens with zero attached hydrogens (tertiary/aromatic N) is 6. The van der Waals surface area contributed by atoms with Gasteiger partial charge in [-0.25, -0.2) is 13.9 Å². The second-order valence-electron chi connectivity index (χ2n) is 9.28. The number of aliphatic hydroxyl groups is 1. The maximum Gasteiger partial charge on any atom is 0.255 e. The van der Waals surface area contributed by atoms with Crippen molar-refractivity contribution in [2.45, 2.75) is 25.6 Å². The number of aromatic nitrogens is 4. The van der Waals surface area contributed by atoms with Crippen LogP contribution in [0.2, 0.25) is 0 Å². The largest absolute Gasteiger partial charge is 0.387 e. The standard InChI is InChI=1S/C26H27FN8O2/c1-26(2,37)23(27)15-31-25(36)19-14-29-21(22-7-6-18-9-16(11-28)12-32-35(18)22)10-20(19)33-17-5-8-24(30-13-17)34(3)4/h5-10,12-14,23,37H,15H2,1-4H3,(H,29,33)(H,31,36)/t23-/m1/s1. The van der Waals surface area contributed by atoms with Crippen LogP contribution in [0.25, 0.3) is 16.9 Å². The molecule has 4 rings (SSSR count). The van der Waals surface area contributed by atoms with Gasteiger partial charge in [0.25, 0.3) is 5.91 Å². The third-order valence-corrected chi connectivity index (χ3v) is 5.73. The van der Waals surface area contributed by atoms with Gasteiger partial charge in [-0.2, -0.15) is 10.4 Å². The highest BCUT2D eigenvalue weighted by Crippen LogP contribution is 2.28. The van der Waals surface area contributed by atoms with E-state index in [2.05, 4.69) is 31.8 Å². The Balaban J connectivity index is 1.70. The first-order chi connectivity index (χ1) is 17.6. The SMILES string of the molecule is CN(C)c1ccc(Nc2cc(-c3ccc4cc(C#N)cnn34)ncc2C(=O)NC[C@@H](F)C(C)(C)O)cn1. The van der Waals surface area contributed by atoms with E-state index >= 15 is 0 Å². The van der Waals surface area contributed by atoms with Crippen LogP contribution in [-0.4, -0.2) is 63.0 Å². The van der Waals surface area contributed by atoms with Crippen LogP contribution in [0, 0.1) is 11.3 Å². The van der Waals surface area contributed by atoms with Crippen molar-refractivity contribution >= 4 is 28.6 Å². The minimum absolute atomic E-state index is 0.184. The Hall–Kier alpha value is -4.56. The number of anilines is 3. The summed E-state index contributed by atoms with van der Waals surface area (Å²) in [7, 11) is 3.77. The Bertz CT molecular complexity index is 1470. The summed E-state index contributed by atoms with van der Waals surface area (Å²) in [6.07, 6.45) is 2.85. The zero-order valence-electron chi connectivity index (χ0n) is 20.9. The molecule has 11 heteroatoms. The molecular weight excluding hydrogens is 475 g/mol. The molecule has 3 N–H and O–H groups in total. The lowest BCUT2D eigenvalue weighted by Crippen LogP contribution is -2.42. The van der Waals surface area contributed by atoms with E-state index < -0.39 is 17.7 Å². The maximum atomic E-state index is 14.3. The van der Waals surface area contributed by atoms with Crippen molar-refractivity contribution in [1.82, 2.24) is 24.9 Å². The zero-order valence-corrected chi connectivity index (χ0v) is 20.9. The van der Waals surface area contributed by atoms with Crippen LogP contribution in [0.15, 0.2) is 55.0 Å². The molecule has 4 heterocycles. The number of nitriles is 1. The molecule has 0 aliphatic heterocycles. The summed E-state index contributed by atoms with van der Waals surface area (Å²) in [5.74, 6) is 0.213. The molecular formula is C26H27FN8O2. The van der Waals surface area contributed by atoms with Gasteiger partial charge in [-0.1, -0.05) is 0 Å². The monoisotopic (exact) mass is 502 g/mol. The molecule has 0 aliphatic carbocycles. The van der Waals surface area contributed by atoms with Crippen molar-refractivity contribution < 1.29 is 14.3 Å². The second kappa shape index (κ2) is 10.2. The average molecular weight is 503 g/mol. The molecule has 10 nitrogen and oxygen atoms in total. The fourth-order valence-corrected chi connectivity index (χ4v) is 3.54. The normalized spacial score (nSPS) is 12.1. The Morgan fingerprint density at radius 1 is 1.19 bits per heavy atom. The molecule has 4 aromatic rings. The summed E-state index contributed by atoms with van der Waals surface area (Å²) in [6.45, 7) is 2.32. The van der Waals surface area contributed by atoms with Gasteiger partial charge in [0.1, 0.15) is 18.1 Å². The van der Waals surface area contributed by atoms with E-state index in [4.69, 9.17) is 5.26 Å². The number of pyridine rings is 2. The summed E-state index contributed by atoms with van der Waals surface area (Å²) in [6, 6.07) is 12.8. The van der Waals surface area contributed by atoms with Crippen molar-refractivity contribution in [1.29, 1.82) is 5.26 Å². The lowest BCUT2D eigenvalue weighted by Gasteiger charge is -2.22. The van der Waals surface area contributed by atoms with Crippen LogP contribution in [0.5, 0.6) is 0 Å². The van der Waals surface area contributed by atoms with Gasteiger partial charge in [0, 0.05) is 20.3 Å². The van der Waals surface area contributed by atoms with Gasteiger partial charge in [0.2, 0.25) is 0 Å². The van der Waals surface area contributed by atoms with Crippen LogP contribution in [0.1, 0.15) is 29.8 Å². The molecule has 37 heavy (non-hydrogen) atoms. The fourth-order valence-electron chi connectivity index (χ4n) is 3.54. The molecule has 1 amide bonds. The molecule has 0 fully saturated rings. The van der Waals surface area contributed by atoms with Crippen molar-refractivity contribution in [2.75, 3.05) is 30.9 Å². The van der Waals surface area contributed by atoms with Crippen LogP contribution in [0.4, 0.5) is 21.6 Å². The molecule has 0 aliphatic rings. The molecule has 0 aromatic carbocycles. The van der Waals surface area contributed by atoms with E-state index in [1.807, 2.05) is 43.3 Å². The van der Waals surface area contributed by atoms with E-state index in [1.165, 1.54) is 26.2 Å². The number of alkyl halides is 1. The van der Waals surface area contributed by atoms with Crippen molar-refractivity contribution in [3.8, 4) is 17.5 Å². The van der Waals surface area contributed by atoms with Gasteiger partial charge < -0.3 is 20.6 Å². The van der Waals surface area contributed by atoms with Gasteiger partial charge in [-0.15, -0.1) is 0 Å². The first-order valence-corrected chi connectivity index (χ1v) is 11.5. The van der Waals surface area contributed by atoms with E-state index in [1.54, 1.807) is 22.8 Å². The minimum Gasteiger partial charge on any atom is -0.387 e. The van der Waals surface area contributed by atoms with Gasteiger partial charge >= 0.3 is 0 Å². The topological polar surface area (TPSA) is 131 Å². The number of rotatable bonds is 8. The van der Waals surface area contributed by atoms with Crippen molar-refractivity contribution in [3.63, 3.8) is 0 Å². The Morgan fingerprint density at radius 2 is 1.97 bits per heavy atom. The van der Waals surface area contributed by atoms with Crippen LogP contribution in [-0.2, 0) is 0 Å². The van der Waals surface area contributed by atoms with Crippen LogP contribution >= 0.6 is 0 Å². The second-order valence-corrected chi connectivity index (χ2v) is 9.28. The lowest BCUT2D eigenvalue weighted by molar-refractivity contribution is -0.00177. The number of hydrogen-bond donors (Lipinski definition) is 3. The molecule has 0 saturated heterocycles. The van der Waals surface area contributed by atoms with Crippen molar-refractivity contribution in [3.05, 3.63) is 66.1 Å². The van der Waals surface area contributed by atoms with E-state index in [0.29, 0.717) is 28.3 Å². The zero-order chi connectivity index (χ0) is 26.7. The highest BCUT2D eigenvalue weighted by molar-refractivity contribution is 6.00. The molecule has 190 valence electrons. The highest BCUT2D eigenvalue weighted by atomic mass is 19.1. The minimum atomic E-state index is -1.65. The number of carbonyl (C=O) groups excluding carboxylic acids is 1. The number of hydrogen-bond acceptors (Lipinski definition) is 8. The van der Waals surface area contributed by atoms with Gasteiger partial charge in [0.05, 0.1) is 63.9 Å². The molecule has 0 radical (unpaired) electrons. The lowest BCUT2D eigenvalue weighted by atomic mass is 10.0. The molecule has 4 aromatic heterocycles. The summed E-state index contributed by atoms with van der Waals surface area (Å²) in [5, 5.41) is 29.1. The first-order valence-electron chi connectivity index (χ1n) is 11.5. The summed E-state index contributed by atoms with van der Waals surface area (Å²) < 4.78 is 15.9. The fraction of sp³-hybridized carbons (Fsp3) is 0.269. The maximum absolute atomic E-state index is 14.3. The summed E-state index contributed by atoms with van der Waals surface area (Å²) in [4.78, 5) is 23.7. The molecule has 0 spiro atoms. The first kappa shape index (κ1) is 25.5. The number of carbonyl (C=O) groups is 1. The third-order valence-electron chi connectivity index (χ3n) is 5.73. The number of fused-ring (bicyclic) bond motifs is 1. The molecule has 0 bridgehead atoms. The van der Waals surface area contributed by atoms with Gasteiger partial charge in [0.15, 0.2) is 0 Å². The Kier molecular flexibility index (Phi) is 7.04. The molecule has 0 unspecified atom stereocenters. The summed E-state index contributed by atoms with van der Waals surface area (Å²) in [5.41, 5.74) is 1.98. The van der Waals surface area contributed by atoms with Crippen molar-refractivity contribution in [2.24, 2.45) is 0 Å². The Labute approximate surface area is 213 Å². The van der Waals surface area contributed by atoms with E-state index in [0.717, 1.165) is 11.3 Å². The summed E-state index contributed by atoms with van der Waals surface area (Å²) >= 11 is 0. The number of halogens is 1. The predicted molar refractivity (Wildman–Crippen MR) is 139 cm³/mol.